The maximum absolute atomic E-state index is 12.9. The van der Waals surface area contributed by atoms with Crippen LogP contribution in [0, 0.1) is 0 Å². The fourth-order valence-electron chi connectivity index (χ4n) is 2.14. The number of halogens is 6. The summed E-state index contributed by atoms with van der Waals surface area (Å²) in [6.07, 6.45) is -10.1. The summed E-state index contributed by atoms with van der Waals surface area (Å²) >= 11 is 0. The van der Waals surface area contributed by atoms with Crippen molar-refractivity contribution in [3.8, 4) is 0 Å². The summed E-state index contributed by atoms with van der Waals surface area (Å²) in [4.78, 5) is 10.7. The third-order valence-corrected chi connectivity index (χ3v) is 5.12. The van der Waals surface area contributed by atoms with E-state index in [2.05, 4.69) is 0 Å². The Balaban J connectivity index is 2.48. The third kappa shape index (κ3) is 5.00. The molecule has 4 nitrogen and oxygen atoms in total. The van der Waals surface area contributed by atoms with E-state index in [4.69, 9.17) is 0 Å². The molecule has 0 aliphatic carbocycles. The molecule has 2 rings (SSSR count). The number of benzene rings is 2. The van der Waals surface area contributed by atoms with Gasteiger partial charge in [-0.15, -0.1) is 0 Å². The number of anilines is 1. The van der Waals surface area contributed by atoms with E-state index in [1.807, 2.05) is 0 Å². The first kappa shape index (κ1) is 20.7. The first-order chi connectivity index (χ1) is 12.3. The van der Waals surface area contributed by atoms with Crippen LogP contribution >= 0.6 is 0 Å². The van der Waals surface area contributed by atoms with Crippen LogP contribution in [0.15, 0.2) is 59.5 Å². The van der Waals surface area contributed by atoms with Gasteiger partial charge in [-0.25, -0.2) is 8.42 Å². The minimum absolute atomic E-state index is 0.0180. The van der Waals surface area contributed by atoms with Crippen molar-refractivity contribution in [1.82, 2.24) is 0 Å². The smallest absolute Gasteiger partial charge is 0.284 e. The van der Waals surface area contributed by atoms with Crippen molar-refractivity contribution in [2.45, 2.75) is 17.2 Å². The normalized spacial score (nSPS) is 12.7. The van der Waals surface area contributed by atoms with Crippen LogP contribution in [-0.2, 0) is 10.0 Å². The summed E-state index contributed by atoms with van der Waals surface area (Å²) in [6.45, 7) is -1.89. The molecule has 0 spiro atoms. The molecule has 0 aliphatic heterocycles. The average molecular weight is 411 g/mol. The Hall–Kier alpha value is -2.56. The zero-order valence-corrected chi connectivity index (χ0v) is 14.1. The number of Topliss-reactive ketones (excluding diaryl/α,β-unsaturated/α-hetero) is 1. The monoisotopic (exact) mass is 411 g/mol. The Morgan fingerprint density at radius 2 is 1.37 bits per heavy atom. The van der Waals surface area contributed by atoms with Gasteiger partial charge in [-0.1, -0.05) is 18.2 Å². The first-order valence-electron chi connectivity index (χ1n) is 7.18. The topological polar surface area (TPSA) is 54.5 Å². The highest BCUT2D eigenvalue weighted by atomic mass is 32.2. The highest BCUT2D eigenvalue weighted by Gasteiger charge is 2.40. The maximum Gasteiger partial charge on any atom is 0.454 e. The Morgan fingerprint density at radius 1 is 0.852 bits per heavy atom. The molecule has 0 atom stereocenters. The standard InChI is InChI=1S/C16H11F6NO3S/c17-15(18,19)10-23(27(25,26)13-4-2-1-3-5-13)12-8-6-11(7-9-12)14(24)16(20,21)22/h1-9H,10H2. The van der Waals surface area contributed by atoms with E-state index in [1.54, 1.807) is 0 Å². The summed E-state index contributed by atoms with van der Waals surface area (Å²) in [5.41, 5.74) is -1.36. The average Bonchev–Trinajstić information content (AvgIpc) is 2.58. The van der Waals surface area contributed by atoms with Gasteiger partial charge in [0.05, 0.1) is 10.6 Å². The fraction of sp³-hybridized carbons (Fsp3) is 0.188. The number of rotatable bonds is 5. The number of nitrogens with zero attached hydrogens (tertiary/aromatic N) is 1. The summed E-state index contributed by atoms with van der Waals surface area (Å²) in [5, 5.41) is 0. The quantitative estimate of drug-likeness (QED) is 0.548. The lowest BCUT2D eigenvalue weighted by Crippen LogP contribution is -2.39. The lowest BCUT2D eigenvalue weighted by molar-refractivity contribution is -0.117. The Kier molecular flexibility index (Phi) is 5.55. The van der Waals surface area contributed by atoms with E-state index < -0.39 is 50.9 Å². The van der Waals surface area contributed by atoms with E-state index in [-0.39, 0.29) is 4.31 Å². The van der Waals surface area contributed by atoms with Crippen molar-refractivity contribution in [2.75, 3.05) is 10.8 Å². The van der Waals surface area contributed by atoms with Crippen molar-refractivity contribution >= 4 is 21.5 Å². The molecule has 0 saturated carbocycles. The van der Waals surface area contributed by atoms with Gasteiger partial charge in [0.15, 0.2) is 0 Å². The highest BCUT2D eigenvalue weighted by Crippen LogP contribution is 2.30. The van der Waals surface area contributed by atoms with Gasteiger partial charge in [0.1, 0.15) is 6.54 Å². The number of sulfonamides is 1. The van der Waals surface area contributed by atoms with E-state index in [0.717, 1.165) is 12.1 Å². The molecular formula is C16H11F6NO3S. The van der Waals surface area contributed by atoms with Gasteiger partial charge in [-0.2, -0.15) is 26.3 Å². The number of hydrogen-bond acceptors (Lipinski definition) is 3. The SMILES string of the molecule is O=C(c1ccc(N(CC(F)(F)F)S(=O)(=O)c2ccccc2)cc1)C(F)(F)F. The number of carbonyl (C=O) groups is 1. The van der Waals surface area contributed by atoms with Gasteiger partial charge in [0, 0.05) is 5.56 Å². The minimum atomic E-state index is -5.16. The maximum atomic E-state index is 12.9. The fourth-order valence-corrected chi connectivity index (χ4v) is 3.61. The second-order valence-corrected chi connectivity index (χ2v) is 7.18. The number of carbonyl (C=O) groups excluding carboxylic acids is 1. The van der Waals surface area contributed by atoms with E-state index in [1.165, 1.54) is 18.2 Å². The van der Waals surface area contributed by atoms with Crippen LogP contribution in [0.2, 0.25) is 0 Å². The molecule has 0 aliphatic rings. The molecule has 0 aromatic heterocycles. The van der Waals surface area contributed by atoms with Gasteiger partial charge >= 0.3 is 12.4 Å². The van der Waals surface area contributed by atoms with Gasteiger partial charge < -0.3 is 0 Å². The van der Waals surface area contributed by atoms with Crippen molar-refractivity contribution in [2.24, 2.45) is 0 Å². The van der Waals surface area contributed by atoms with Crippen molar-refractivity contribution < 1.29 is 39.6 Å². The van der Waals surface area contributed by atoms with Crippen molar-refractivity contribution in [1.29, 1.82) is 0 Å². The zero-order valence-electron chi connectivity index (χ0n) is 13.3. The number of alkyl halides is 6. The van der Waals surface area contributed by atoms with Crippen molar-refractivity contribution in [3.63, 3.8) is 0 Å². The predicted molar refractivity (Wildman–Crippen MR) is 83.9 cm³/mol. The summed E-state index contributed by atoms with van der Waals surface area (Å²) in [5.74, 6) is -2.19. The second kappa shape index (κ2) is 7.22. The predicted octanol–water partition coefficient (Wildman–Crippen LogP) is 4.19. The van der Waals surface area contributed by atoms with Crippen LogP contribution in [-0.4, -0.2) is 33.1 Å². The molecular weight excluding hydrogens is 400 g/mol. The Labute approximate surface area is 150 Å². The number of ketones is 1. The lowest BCUT2D eigenvalue weighted by atomic mass is 10.1. The summed E-state index contributed by atoms with van der Waals surface area (Å²) < 4.78 is 101. The molecule has 11 heteroatoms. The first-order valence-corrected chi connectivity index (χ1v) is 8.62. The molecule has 0 amide bonds. The van der Waals surface area contributed by atoms with Crippen LogP contribution in [0.1, 0.15) is 10.4 Å². The van der Waals surface area contributed by atoms with Crippen LogP contribution in [0.3, 0.4) is 0 Å². The van der Waals surface area contributed by atoms with Crippen LogP contribution in [0.4, 0.5) is 32.0 Å². The third-order valence-electron chi connectivity index (χ3n) is 3.33. The highest BCUT2D eigenvalue weighted by molar-refractivity contribution is 7.92. The molecule has 0 bridgehead atoms. The molecule has 0 fully saturated rings. The van der Waals surface area contributed by atoms with Gasteiger partial charge in [-0.3, -0.25) is 9.10 Å². The van der Waals surface area contributed by atoms with E-state index in [0.29, 0.717) is 24.3 Å². The molecule has 0 radical (unpaired) electrons. The van der Waals surface area contributed by atoms with E-state index >= 15 is 0 Å². The second-order valence-electron chi connectivity index (χ2n) is 5.31. The van der Waals surface area contributed by atoms with Crippen LogP contribution < -0.4 is 4.31 Å². The molecule has 0 unspecified atom stereocenters. The van der Waals surface area contributed by atoms with E-state index in [9.17, 15) is 39.6 Å². The van der Waals surface area contributed by atoms with Gasteiger partial charge in [0.2, 0.25) is 0 Å². The Morgan fingerprint density at radius 3 is 1.81 bits per heavy atom. The molecule has 0 saturated heterocycles. The molecule has 27 heavy (non-hydrogen) atoms. The molecule has 2 aromatic rings. The molecule has 0 N–H and O–H groups in total. The largest absolute Gasteiger partial charge is 0.454 e. The van der Waals surface area contributed by atoms with Crippen molar-refractivity contribution in [3.05, 3.63) is 60.2 Å². The minimum Gasteiger partial charge on any atom is -0.284 e. The Bertz CT molecular complexity index is 906. The lowest BCUT2D eigenvalue weighted by Gasteiger charge is -2.25. The number of hydrogen-bond donors (Lipinski definition) is 0. The zero-order chi connectivity index (χ0) is 20.5. The van der Waals surface area contributed by atoms with Crippen LogP contribution in [0.5, 0.6) is 0 Å². The van der Waals surface area contributed by atoms with Gasteiger partial charge in [-0.05, 0) is 36.4 Å². The summed E-state index contributed by atoms with van der Waals surface area (Å²) in [6, 6.07) is 8.92. The molecule has 146 valence electrons. The molecule has 0 heterocycles. The van der Waals surface area contributed by atoms with Crippen LogP contribution in [0.25, 0.3) is 0 Å². The van der Waals surface area contributed by atoms with Gasteiger partial charge in [0.25, 0.3) is 15.8 Å². The summed E-state index contributed by atoms with van der Waals surface area (Å²) in [7, 11) is -4.64. The molecule has 2 aromatic carbocycles.